The van der Waals surface area contributed by atoms with E-state index in [0.717, 1.165) is 4.90 Å². The Kier molecular flexibility index (Phi) is 3.31. The van der Waals surface area contributed by atoms with E-state index in [2.05, 4.69) is 5.32 Å². The number of carbonyl (C=O) groups excluding carboxylic acids is 1. The molecule has 5 atom stereocenters. The van der Waals surface area contributed by atoms with Crippen molar-refractivity contribution in [1.29, 1.82) is 0 Å². The molecular weight excluding hydrogens is 232 g/mol. The summed E-state index contributed by atoms with van der Waals surface area (Å²) < 4.78 is 5.16. The van der Waals surface area contributed by atoms with E-state index in [1.165, 1.54) is 12.3 Å². The summed E-state index contributed by atoms with van der Waals surface area (Å²) in [5, 5.41) is 39.4. The van der Waals surface area contributed by atoms with Gasteiger partial charge in [-0.15, -0.1) is 0 Å². The van der Waals surface area contributed by atoms with Crippen LogP contribution in [-0.4, -0.2) is 68.7 Å². The van der Waals surface area contributed by atoms with Crippen molar-refractivity contribution >= 4 is 6.03 Å². The van der Waals surface area contributed by atoms with E-state index in [1.54, 1.807) is 0 Å². The average molecular weight is 246 g/mol. The Morgan fingerprint density at radius 3 is 2.59 bits per heavy atom. The van der Waals surface area contributed by atoms with Gasteiger partial charge in [0.2, 0.25) is 0 Å². The van der Waals surface area contributed by atoms with Crippen LogP contribution in [0.3, 0.4) is 0 Å². The van der Waals surface area contributed by atoms with Gasteiger partial charge in [-0.2, -0.15) is 0 Å². The van der Waals surface area contributed by atoms with Gasteiger partial charge in [-0.3, -0.25) is 4.90 Å². The molecule has 0 aromatic heterocycles. The van der Waals surface area contributed by atoms with E-state index in [9.17, 15) is 15.0 Å². The van der Waals surface area contributed by atoms with Crippen molar-refractivity contribution in [2.24, 2.45) is 0 Å². The van der Waals surface area contributed by atoms with E-state index < -0.39 is 43.4 Å². The second kappa shape index (κ2) is 4.59. The second-order valence-electron chi connectivity index (χ2n) is 3.87. The summed E-state index contributed by atoms with van der Waals surface area (Å²) in [4.78, 5) is 12.5. The van der Waals surface area contributed by atoms with E-state index in [4.69, 9.17) is 14.9 Å². The number of hydrogen-bond acceptors (Lipinski definition) is 6. The van der Waals surface area contributed by atoms with Gasteiger partial charge in [-0.1, -0.05) is 0 Å². The number of amides is 2. The van der Waals surface area contributed by atoms with Gasteiger partial charge in [-0.05, 0) is 6.08 Å². The number of nitrogens with one attached hydrogen (secondary N) is 1. The summed E-state index contributed by atoms with van der Waals surface area (Å²) in [7, 11) is 0. The van der Waals surface area contributed by atoms with Crippen LogP contribution >= 0.6 is 0 Å². The van der Waals surface area contributed by atoms with Crippen molar-refractivity contribution in [2.45, 2.75) is 30.8 Å². The Morgan fingerprint density at radius 1 is 1.35 bits per heavy atom. The Hall–Kier alpha value is -1.19. The lowest BCUT2D eigenvalue weighted by Gasteiger charge is -2.31. The van der Waals surface area contributed by atoms with Crippen LogP contribution in [0.5, 0.6) is 0 Å². The Morgan fingerprint density at radius 2 is 2.06 bits per heavy atom. The molecule has 0 aliphatic carbocycles. The van der Waals surface area contributed by atoms with Crippen LogP contribution in [0, 0.1) is 0 Å². The van der Waals surface area contributed by atoms with Gasteiger partial charge in [-0.25, -0.2) is 4.79 Å². The molecule has 0 radical (unpaired) electrons. The minimum Gasteiger partial charge on any atom is -0.394 e. The number of carbonyl (C=O) groups is 1. The van der Waals surface area contributed by atoms with E-state index in [-0.39, 0.29) is 0 Å². The molecule has 5 N–H and O–H groups in total. The lowest BCUT2D eigenvalue weighted by atomic mass is 10.1. The summed E-state index contributed by atoms with van der Waals surface area (Å²) in [6.07, 6.45) is -3.17. The van der Waals surface area contributed by atoms with Gasteiger partial charge >= 0.3 is 6.03 Å². The molecule has 0 saturated carbocycles. The van der Waals surface area contributed by atoms with Crippen molar-refractivity contribution < 1.29 is 30.0 Å². The smallest absolute Gasteiger partial charge is 0.325 e. The Balaban J connectivity index is 2.13. The first-order chi connectivity index (χ1) is 8.04. The quantitative estimate of drug-likeness (QED) is 0.361. The predicted octanol–water partition coefficient (Wildman–Crippen LogP) is -2.72. The van der Waals surface area contributed by atoms with E-state index in [1.807, 2.05) is 0 Å². The standard InChI is InChI=1S/C9H14N2O6/c12-3-4-6(14)7(15)8(17-4)11-2-1-5(13)10-9(11)16/h1-2,4-8,12-15H,3H2,(H,10,16). The summed E-state index contributed by atoms with van der Waals surface area (Å²) >= 11 is 0. The highest BCUT2D eigenvalue weighted by Gasteiger charge is 2.46. The minimum absolute atomic E-state index is 0.462. The van der Waals surface area contributed by atoms with Gasteiger partial charge in [0.25, 0.3) is 0 Å². The fraction of sp³-hybridized carbons (Fsp3) is 0.667. The lowest BCUT2D eigenvalue weighted by molar-refractivity contribution is -0.0677. The molecule has 2 aliphatic rings. The molecule has 2 heterocycles. The molecule has 8 nitrogen and oxygen atoms in total. The van der Waals surface area contributed by atoms with Gasteiger partial charge in [0, 0.05) is 6.20 Å². The molecule has 0 aromatic carbocycles. The second-order valence-corrected chi connectivity index (χ2v) is 3.87. The number of aliphatic hydroxyl groups is 4. The Labute approximate surface area is 96.7 Å². The third-order valence-electron chi connectivity index (χ3n) is 2.73. The van der Waals surface area contributed by atoms with Gasteiger partial charge in [0.15, 0.2) is 6.23 Å². The maximum Gasteiger partial charge on any atom is 0.325 e. The highest BCUT2D eigenvalue weighted by molar-refractivity contribution is 5.77. The van der Waals surface area contributed by atoms with Crippen LogP contribution in [0.15, 0.2) is 12.3 Å². The van der Waals surface area contributed by atoms with Gasteiger partial charge in [0.05, 0.1) is 6.61 Å². The average Bonchev–Trinajstić information content (AvgIpc) is 2.57. The first-order valence-corrected chi connectivity index (χ1v) is 5.12. The molecule has 8 heteroatoms. The zero-order valence-electron chi connectivity index (χ0n) is 8.80. The molecule has 0 spiro atoms. The van der Waals surface area contributed by atoms with E-state index in [0.29, 0.717) is 0 Å². The molecule has 2 amide bonds. The van der Waals surface area contributed by atoms with Crippen LogP contribution in [0.1, 0.15) is 0 Å². The maximum atomic E-state index is 11.5. The SMILES string of the molecule is O=C1NC(O)C=CN1C1OC(CO)C(O)C1O. The third-order valence-corrected chi connectivity index (χ3v) is 2.73. The van der Waals surface area contributed by atoms with Crippen molar-refractivity contribution in [3.8, 4) is 0 Å². The molecule has 2 rings (SSSR count). The monoisotopic (exact) mass is 246 g/mol. The number of aliphatic hydroxyl groups excluding tert-OH is 4. The van der Waals surface area contributed by atoms with Crippen LogP contribution in [-0.2, 0) is 4.74 Å². The summed E-state index contributed by atoms with van der Waals surface area (Å²) in [5.41, 5.74) is 0. The normalized spacial score (nSPS) is 41.8. The van der Waals surface area contributed by atoms with Crippen LogP contribution < -0.4 is 5.32 Å². The van der Waals surface area contributed by atoms with E-state index >= 15 is 0 Å². The zero-order chi connectivity index (χ0) is 12.6. The lowest BCUT2D eigenvalue weighted by Crippen LogP contribution is -2.53. The van der Waals surface area contributed by atoms with Crippen LogP contribution in [0.2, 0.25) is 0 Å². The molecule has 96 valence electrons. The summed E-state index contributed by atoms with van der Waals surface area (Å²) in [6.45, 7) is -0.462. The molecule has 5 unspecified atom stereocenters. The molecule has 1 fully saturated rings. The minimum atomic E-state index is -1.32. The van der Waals surface area contributed by atoms with Crippen molar-refractivity contribution in [2.75, 3.05) is 6.61 Å². The first kappa shape index (κ1) is 12.3. The molecule has 0 bridgehead atoms. The van der Waals surface area contributed by atoms with Crippen LogP contribution in [0.4, 0.5) is 4.79 Å². The molecular formula is C9H14N2O6. The topological polar surface area (TPSA) is 122 Å². The fourth-order valence-corrected chi connectivity index (χ4v) is 1.80. The molecule has 17 heavy (non-hydrogen) atoms. The maximum absolute atomic E-state index is 11.5. The largest absolute Gasteiger partial charge is 0.394 e. The van der Waals surface area contributed by atoms with Crippen molar-refractivity contribution in [3.63, 3.8) is 0 Å². The van der Waals surface area contributed by atoms with Gasteiger partial charge < -0.3 is 30.5 Å². The highest BCUT2D eigenvalue weighted by atomic mass is 16.6. The van der Waals surface area contributed by atoms with Crippen molar-refractivity contribution in [3.05, 3.63) is 12.3 Å². The number of hydrogen-bond donors (Lipinski definition) is 5. The molecule has 1 saturated heterocycles. The number of urea groups is 1. The Bertz CT molecular complexity index is 335. The number of rotatable bonds is 2. The number of ether oxygens (including phenoxy) is 1. The first-order valence-electron chi connectivity index (χ1n) is 5.12. The predicted molar refractivity (Wildman–Crippen MR) is 53.3 cm³/mol. The highest BCUT2D eigenvalue weighted by Crippen LogP contribution is 2.25. The molecule has 0 aromatic rings. The number of nitrogens with zero attached hydrogens (tertiary/aromatic N) is 1. The fourth-order valence-electron chi connectivity index (χ4n) is 1.80. The zero-order valence-corrected chi connectivity index (χ0v) is 8.80. The van der Waals surface area contributed by atoms with Gasteiger partial charge in [0.1, 0.15) is 24.5 Å². The molecule has 2 aliphatic heterocycles. The van der Waals surface area contributed by atoms with Crippen LogP contribution in [0.25, 0.3) is 0 Å². The summed E-state index contributed by atoms with van der Waals surface area (Å²) in [5.74, 6) is 0. The third kappa shape index (κ3) is 2.13. The summed E-state index contributed by atoms with van der Waals surface area (Å²) in [6, 6.07) is -0.658. The van der Waals surface area contributed by atoms with Crippen molar-refractivity contribution in [1.82, 2.24) is 10.2 Å².